The molecular weight excluding hydrogens is 380 g/mol. The van der Waals surface area contributed by atoms with Gasteiger partial charge in [0.15, 0.2) is 0 Å². The Balaban J connectivity index is 2.25. The first kappa shape index (κ1) is 23.3. The molecule has 5 heteroatoms. The van der Waals surface area contributed by atoms with Crippen LogP contribution in [0.4, 0.5) is 0 Å². The van der Waals surface area contributed by atoms with E-state index in [4.69, 9.17) is 4.74 Å². The fourth-order valence-electron chi connectivity index (χ4n) is 7.82. The zero-order chi connectivity index (χ0) is 22.6. The highest BCUT2D eigenvalue weighted by molar-refractivity contribution is 5.78. The van der Waals surface area contributed by atoms with Crippen molar-refractivity contribution in [3.05, 3.63) is 11.6 Å². The average molecular weight is 420 g/mol. The smallest absolute Gasteiger partial charge is 0.303 e. The zero-order valence-electron chi connectivity index (χ0n) is 19.6. The van der Waals surface area contributed by atoms with Gasteiger partial charge in [0, 0.05) is 13.5 Å². The van der Waals surface area contributed by atoms with Gasteiger partial charge in [0.25, 0.3) is 0 Å². The molecule has 0 radical (unpaired) electrons. The van der Waals surface area contributed by atoms with Gasteiger partial charge in [-0.1, -0.05) is 45.8 Å². The normalized spacial score (nSPS) is 42.5. The summed E-state index contributed by atoms with van der Waals surface area (Å²) in [7, 11) is 0. The Bertz CT molecular complexity index is 755. The van der Waals surface area contributed by atoms with E-state index in [0.29, 0.717) is 25.2 Å². The molecule has 2 saturated carbocycles. The highest BCUT2D eigenvalue weighted by Crippen LogP contribution is 2.74. The number of aliphatic hydroxyl groups is 1. The van der Waals surface area contributed by atoms with Crippen LogP contribution in [0.25, 0.3) is 0 Å². The third kappa shape index (κ3) is 2.91. The third-order valence-corrected chi connectivity index (χ3v) is 9.60. The molecule has 0 saturated heterocycles. The van der Waals surface area contributed by atoms with Crippen LogP contribution in [0, 0.1) is 27.6 Å². The molecule has 5 nitrogen and oxygen atoms in total. The number of esters is 1. The van der Waals surface area contributed by atoms with Crippen LogP contribution in [-0.2, 0) is 14.3 Å². The van der Waals surface area contributed by atoms with Gasteiger partial charge >= 0.3 is 5.97 Å². The van der Waals surface area contributed by atoms with Crippen molar-refractivity contribution in [2.24, 2.45) is 27.6 Å². The molecule has 2 fully saturated rings. The summed E-state index contributed by atoms with van der Waals surface area (Å²) in [5.74, 6) is -1.31. The van der Waals surface area contributed by atoms with Gasteiger partial charge in [-0.25, -0.2) is 0 Å². The molecule has 5 atom stereocenters. The van der Waals surface area contributed by atoms with Gasteiger partial charge < -0.3 is 19.7 Å². The predicted octanol–water partition coefficient (Wildman–Crippen LogP) is 3.78. The summed E-state index contributed by atoms with van der Waals surface area (Å²) >= 11 is 0. The van der Waals surface area contributed by atoms with Crippen LogP contribution in [0.2, 0.25) is 0 Å². The van der Waals surface area contributed by atoms with Gasteiger partial charge in [-0.15, -0.1) is 0 Å². The van der Waals surface area contributed by atoms with E-state index in [1.165, 1.54) is 12.5 Å². The van der Waals surface area contributed by atoms with Crippen LogP contribution in [-0.4, -0.2) is 29.3 Å². The van der Waals surface area contributed by atoms with Crippen molar-refractivity contribution in [3.63, 3.8) is 0 Å². The Kier molecular flexibility index (Phi) is 5.71. The Labute approximate surface area is 181 Å². The quantitative estimate of drug-likeness (QED) is 0.541. The minimum absolute atomic E-state index is 0.102. The van der Waals surface area contributed by atoms with Gasteiger partial charge in [-0.3, -0.25) is 4.79 Å². The summed E-state index contributed by atoms with van der Waals surface area (Å²) in [5, 5.41) is 22.7. The van der Waals surface area contributed by atoms with Crippen LogP contribution in [0.1, 0.15) is 92.9 Å². The minimum atomic E-state index is -1.37. The van der Waals surface area contributed by atoms with E-state index in [9.17, 15) is 19.8 Å². The van der Waals surface area contributed by atoms with Crippen molar-refractivity contribution >= 4 is 11.9 Å². The van der Waals surface area contributed by atoms with E-state index >= 15 is 0 Å². The van der Waals surface area contributed by atoms with Crippen LogP contribution in [0.5, 0.6) is 0 Å². The number of carbonyl (C=O) groups is 2. The molecule has 0 bridgehead atoms. The van der Waals surface area contributed by atoms with Gasteiger partial charge in [0.1, 0.15) is 5.60 Å². The number of aliphatic hydroxyl groups excluding tert-OH is 1. The molecule has 0 spiro atoms. The number of carboxylic acid groups (broad SMARTS) is 1. The second-order valence-corrected chi connectivity index (χ2v) is 11.3. The Hall–Kier alpha value is -1.36. The van der Waals surface area contributed by atoms with Gasteiger partial charge in [-0.05, 0) is 74.0 Å². The van der Waals surface area contributed by atoms with Crippen molar-refractivity contribution in [3.8, 4) is 0 Å². The standard InChI is InChI=1S/C25H40O5/c1-17(27)30-24(6)15-14-22(4)19-9-7-11-21(2,3)18(19)10-13-23(22,5)25(24,20(28)29)12-8-16-26/h10,19,26H,7-9,11-16H2,1-6H3,(H,28,29)/p-1/t19-,22+,23+,24+,25-/m1/s1. The van der Waals surface area contributed by atoms with Crippen LogP contribution in [0.3, 0.4) is 0 Å². The molecule has 0 aromatic heterocycles. The number of rotatable bonds is 5. The maximum Gasteiger partial charge on any atom is 0.303 e. The molecule has 0 aromatic rings. The molecule has 170 valence electrons. The average Bonchev–Trinajstić information content (AvgIpc) is 2.62. The van der Waals surface area contributed by atoms with Crippen molar-refractivity contribution in [2.75, 3.05) is 6.61 Å². The number of carboxylic acids is 1. The first-order valence-corrected chi connectivity index (χ1v) is 11.5. The van der Waals surface area contributed by atoms with Crippen molar-refractivity contribution < 1.29 is 24.5 Å². The summed E-state index contributed by atoms with van der Waals surface area (Å²) in [6, 6.07) is 0. The molecule has 30 heavy (non-hydrogen) atoms. The lowest BCUT2D eigenvalue weighted by molar-refractivity contribution is -0.353. The first-order chi connectivity index (χ1) is 13.8. The van der Waals surface area contributed by atoms with E-state index in [2.05, 4.69) is 33.8 Å². The molecule has 3 rings (SSSR count). The van der Waals surface area contributed by atoms with Crippen LogP contribution >= 0.6 is 0 Å². The molecule has 0 heterocycles. The monoisotopic (exact) mass is 419 g/mol. The van der Waals surface area contributed by atoms with Gasteiger partial charge in [0.05, 0.1) is 11.4 Å². The van der Waals surface area contributed by atoms with Crippen molar-refractivity contribution in [1.29, 1.82) is 0 Å². The predicted molar refractivity (Wildman–Crippen MR) is 113 cm³/mol. The number of carbonyl (C=O) groups excluding carboxylic acids is 2. The lowest BCUT2D eigenvalue weighted by Gasteiger charge is -2.71. The summed E-state index contributed by atoms with van der Waals surface area (Å²) in [6.45, 7) is 12.0. The number of hydrogen-bond donors (Lipinski definition) is 1. The van der Waals surface area contributed by atoms with E-state index in [1.807, 2.05) is 0 Å². The zero-order valence-corrected chi connectivity index (χ0v) is 19.6. The highest BCUT2D eigenvalue weighted by Gasteiger charge is 2.72. The van der Waals surface area contributed by atoms with E-state index < -0.39 is 28.4 Å². The fraction of sp³-hybridized carbons (Fsp3) is 0.840. The number of hydrogen-bond acceptors (Lipinski definition) is 5. The minimum Gasteiger partial charge on any atom is -0.549 e. The molecule has 3 aliphatic rings. The van der Waals surface area contributed by atoms with Crippen LogP contribution in [0.15, 0.2) is 11.6 Å². The first-order valence-electron chi connectivity index (χ1n) is 11.5. The van der Waals surface area contributed by atoms with E-state index in [1.54, 1.807) is 6.92 Å². The largest absolute Gasteiger partial charge is 0.549 e. The number of fused-ring (bicyclic) bond motifs is 3. The SMILES string of the molecule is CC(=O)O[C@@]1(C)CC[C@@]2(C)[C@@H]3CCCC(C)(C)C3=CC[C@]2(C)[C@@]1(CCCO)C(=O)[O-]. The summed E-state index contributed by atoms with van der Waals surface area (Å²) in [5.41, 5.74) is -1.85. The maximum absolute atomic E-state index is 13.1. The molecule has 0 aliphatic heterocycles. The third-order valence-electron chi connectivity index (χ3n) is 9.60. The second kappa shape index (κ2) is 7.36. The molecule has 1 N–H and O–H groups in total. The summed E-state index contributed by atoms with van der Waals surface area (Å²) in [4.78, 5) is 25.1. The highest BCUT2D eigenvalue weighted by atomic mass is 16.6. The summed E-state index contributed by atoms with van der Waals surface area (Å²) in [6.07, 6.45) is 8.14. The van der Waals surface area contributed by atoms with Crippen LogP contribution < -0.4 is 5.11 Å². The molecule has 3 aliphatic carbocycles. The maximum atomic E-state index is 13.1. The topological polar surface area (TPSA) is 86.7 Å². The number of aliphatic carboxylic acids is 1. The van der Waals surface area contributed by atoms with E-state index in [0.717, 1.165) is 25.7 Å². The molecule has 0 amide bonds. The van der Waals surface area contributed by atoms with Crippen molar-refractivity contribution in [2.45, 2.75) is 98.5 Å². The van der Waals surface area contributed by atoms with E-state index in [-0.39, 0.29) is 23.9 Å². The molecular formula is C25H39O5-. The van der Waals surface area contributed by atoms with Crippen molar-refractivity contribution in [1.82, 2.24) is 0 Å². The fourth-order valence-corrected chi connectivity index (χ4v) is 7.82. The summed E-state index contributed by atoms with van der Waals surface area (Å²) < 4.78 is 5.83. The molecule has 0 aromatic carbocycles. The Morgan fingerprint density at radius 3 is 2.40 bits per heavy atom. The van der Waals surface area contributed by atoms with Gasteiger partial charge in [0.2, 0.25) is 0 Å². The molecule has 0 unspecified atom stereocenters. The second-order valence-electron chi connectivity index (χ2n) is 11.3. The Morgan fingerprint density at radius 1 is 1.17 bits per heavy atom. The number of allylic oxidation sites excluding steroid dienone is 2. The Morgan fingerprint density at radius 2 is 1.83 bits per heavy atom. The lowest BCUT2D eigenvalue weighted by Crippen LogP contribution is -2.73. The number of ether oxygens (including phenoxy) is 1. The van der Waals surface area contributed by atoms with Gasteiger partial charge in [-0.2, -0.15) is 0 Å². The lowest BCUT2D eigenvalue weighted by atomic mass is 9.34.